The van der Waals surface area contributed by atoms with Gasteiger partial charge in [0.1, 0.15) is 5.01 Å². The predicted octanol–water partition coefficient (Wildman–Crippen LogP) is 3.95. The van der Waals surface area contributed by atoms with E-state index >= 15 is 0 Å². The summed E-state index contributed by atoms with van der Waals surface area (Å²) >= 11 is 1.65. The van der Waals surface area contributed by atoms with Crippen molar-refractivity contribution in [1.29, 1.82) is 0 Å². The quantitative estimate of drug-likeness (QED) is 0.925. The molecule has 0 saturated heterocycles. The number of rotatable bonds is 4. The summed E-state index contributed by atoms with van der Waals surface area (Å²) in [6.45, 7) is 7.81. The molecule has 0 aliphatic rings. The lowest BCUT2D eigenvalue weighted by Gasteiger charge is -2.14. The first-order valence-corrected chi connectivity index (χ1v) is 7.63. The minimum Gasteiger partial charge on any atom is -0.348 e. The average Bonchev–Trinajstić information content (AvgIpc) is 2.81. The smallest absolute Gasteiger partial charge is 0.223 e. The van der Waals surface area contributed by atoms with Gasteiger partial charge in [-0.15, -0.1) is 11.3 Å². The number of aromatic nitrogens is 1. The largest absolute Gasteiger partial charge is 0.348 e. The Balaban J connectivity index is 2.22. The summed E-state index contributed by atoms with van der Waals surface area (Å²) in [7, 11) is 0. The van der Waals surface area contributed by atoms with Gasteiger partial charge in [-0.25, -0.2) is 4.98 Å². The number of nitrogens with one attached hydrogen (secondary N) is 1. The molecule has 0 spiro atoms. The van der Waals surface area contributed by atoms with E-state index in [1.165, 1.54) is 0 Å². The highest BCUT2D eigenvalue weighted by atomic mass is 32.1. The summed E-state index contributed by atoms with van der Waals surface area (Å²) in [5, 5.41) is 4.04. The molecule has 20 heavy (non-hydrogen) atoms. The Morgan fingerprint density at radius 2 is 1.85 bits per heavy atom. The maximum Gasteiger partial charge on any atom is 0.223 e. The third-order valence-corrected chi connectivity index (χ3v) is 4.52. The van der Waals surface area contributed by atoms with Gasteiger partial charge in [-0.3, -0.25) is 4.79 Å². The van der Waals surface area contributed by atoms with Crippen LogP contribution in [0, 0.1) is 12.8 Å². The number of thiazole rings is 1. The monoisotopic (exact) mass is 288 g/mol. The van der Waals surface area contributed by atoms with Gasteiger partial charge in [0, 0.05) is 11.5 Å². The van der Waals surface area contributed by atoms with Crippen molar-refractivity contribution in [3.05, 3.63) is 40.9 Å². The number of hydrogen-bond acceptors (Lipinski definition) is 3. The van der Waals surface area contributed by atoms with E-state index in [1.807, 2.05) is 45.9 Å². The summed E-state index contributed by atoms with van der Waals surface area (Å²) in [5.74, 6) is 0.0748. The lowest BCUT2D eigenvalue weighted by Crippen LogP contribution is -2.30. The van der Waals surface area contributed by atoms with Crippen molar-refractivity contribution in [2.24, 2.45) is 5.92 Å². The molecule has 0 aliphatic carbocycles. The molecule has 3 nitrogen and oxygen atoms in total. The zero-order chi connectivity index (χ0) is 14.7. The first-order chi connectivity index (χ1) is 9.49. The second kappa shape index (κ2) is 6.18. The van der Waals surface area contributed by atoms with Crippen LogP contribution in [-0.2, 0) is 4.79 Å². The molecule has 1 aromatic carbocycles. The number of nitrogens with zero attached hydrogens (tertiary/aromatic N) is 1. The third kappa shape index (κ3) is 3.25. The lowest BCUT2D eigenvalue weighted by molar-refractivity contribution is -0.124. The molecule has 0 radical (unpaired) electrons. The van der Waals surface area contributed by atoms with Crippen LogP contribution in [-0.4, -0.2) is 10.9 Å². The van der Waals surface area contributed by atoms with E-state index < -0.39 is 0 Å². The highest BCUT2D eigenvalue weighted by Crippen LogP contribution is 2.31. The van der Waals surface area contributed by atoms with Crippen LogP contribution >= 0.6 is 11.3 Å². The van der Waals surface area contributed by atoms with Crippen LogP contribution in [0.5, 0.6) is 0 Å². The topological polar surface area (TPSA) is 42.0 Å². The van der Waals surface area contributed by atoms with E-state index in [9.17, 15) is 4.79 Å². The number of hydrogen-bond donors (Lipinski definition) is 1. The zero-order valence-corrected chi connectivity index (χ0v) is 13.1. The van der Waals surface area contributed by atoms with E-state index in [4.69, 9.17) is 0 Å². The summed E-state index contributed by atoms with van der Waals surface area (Å²) in [5.41, 5.74) is 2.11. The number of carbonyl (C=O) groups excluding carboxylic acids is 1. The molecule has 1 aromatic heterocycles. The normalized spacial score (nSPS) is 12.4. The van der Waals surface area contributed by atoms with Gasteiger partial charge in [0.15, 0.2) is 0 Å². The highest BCUT2D eigenvalue weighted by Gasteiger charge is 2.18. The molecule has 1 amide bonds. The highest BCUT2D eigenvalue weighted by molar-refractivity contribution is 7.15. The minimum atomic E-state index is -0.000675. The first kappa shape index (κ1) is 14.7. The van der Waals surface area contributed by atoms with Gasteiger partial charge in [-0.2, -0.15) is 0 Å². The van der Waals surface area contributed by atoms with Gasteiger partial charge in [0.25, 0.3) is 0 Å². The fourth-order valence-corrected chi connectivity index (χ4v) is 3.03. The molecular weight excluding hydrogens is 268 g/mol. The van der Waals surface area contributed by atoms with E-state index in [2.05, 4.69) is 22.4 Å². The standard InChI is InChI=1S/C16H20N2OS/c1-10(2)15(19)17-11(3)14-12(4)18-16(20-14)13-8-6-5-7-9-13/h5-11H,1-4H3,(H,17,19). The molecule has 0 aliphatic heterocycles. The predicted molar refractivity (Wildman–Crippen MR) is 83.7 cm³/mol. The third-order valence-electron chi connectivity index (χ3n) is 3.13. The average molecular weight is 288 g/mol. The molecule has 0 saturated carbocycles. The Bertz CT molecular complexity index is 590. The van der Waals surface area contributed by atoms with Crippen LogP contribution in [0.4, 0.5) is 0 Å². The van der Waals surface area contributed by atoms with Crippen LogP contribution in [0.25, 0.3) is 10.6 Å². The molecular formula is C16H20N2OS. The summed E-state index contributed by atoms with van der Waals surface area (Å²) in [6.07, 6.45) is 0. The van der Waals surface area contributed by atoms with Crippen LogP contribution in [0.15, 0.2) is 30.3 Å². The molecule has 2 rings (SSSR count). The SMILES string of the molecule is Cc1nc(-c2ccccc2)sc1C(C)NC(=O)C(C)C. The number of carbonyl (C=O) groups is 1. The fraction of sp³-hybridized carbons (Fsp3) is 0.375. The van der Waals surface area contributed by atoms with Crippen LogP contribution in [0.3, 0.4) is 0 Å². The summed E-state index contributed by atoms with van der Waals surface area (Å²) < 4.78 is 0. The van der Waals surface area contributed by atoms with Crippen molar-refractivity contribution in [3.8, 4) is 10.6 Å². The number of aryl methyl sites for hydroxylation is 1. The molecule has 1 N–H and O–H groups in total. The molecule has 1 heterocycles. The maximum atomic E-state index is 11.8. The zero-order valence-electron chi connectivity index (χ0n) is 12.3. The Hall–Kier alpha value is -1.68. The lowest BCUT2D eigenvalue weighted by atomic mass is 10.1. The Morgan fingerprint density at radius 1 is 1.20 bits per heavy atom. The van der Waals surface area contributed by atoms with Gasteiger partial charge in [-0.05, 0) is 13.8 Å². The van der Waals surface area contributed by atoms with Gasteiger partial charge in [-0.1, -0.05) is 44.2 Å². The Kier molecular flexibility index (Phi) is 4.55. The first-order valence-electron chi connectivity index (χ1n) is 6.82. The van der Waals surface area contributed by atoms with Crippen molar-refractivity contribution in [2.45, 2.75) is 33.7 Å². The molecule has 106 valence electrons. The molecule has 4 heteroatoms. The van der Waals surface area contributed by atoms with Gasteiger partial charge < -0.3 is 5.32 Å². The Labute approximate surface area is 124 Å². The fourth-order valence-electron chi connectivity index (χ4n) is 1.96. The molecule has 1 unspecified atom stereocenters. The van der Waals surface area contributed by atoms with Crippen molar-refractivity contribution in [1.82, 2.24) is 10.3 Å². The summed E-state index contributed by atoms with van der Waals surface area (Å²) in [6, 6.07) is 10.1. The van der Waals surface area contributed by atoms with Gasteiger partial charge in [0.05, 0.1) is 16.6 Å². The molecule has 0 fully saturated rings. The minimum absolute atomic E-state index is 0.000128. The maximum absolute atomic E-state index is 11.8. The molecule has 1 atom stereocenters. The number of benzene rings is 1. The second-order valence-electron chi connectivity index (χ2n) is 5.22. The Morgan fingerprint density at radius 3 is 2.45 bits per heavy atom. The summed E-state index contributed by atoms with van der Waals surface area (Å²) in [4.78, 5) is 17.5. The van der Waals surface area contributed by atoms with Crippen molar-refractivity contribution < 1.29 is 4.79 Å². The van der Waals surface area contributed by atoms with E-state index in [-0.39, 0.29) is 17.9 Å². The number of amides is 1. The van der Waals surface area contributed by atoms with Crippen LogP contribution < -0.4 is 5.32 Å². The van der Waals surface area contributed by atoms with Gasteiger partial charge in [0.2, 0.25) is 5.91 Å². The van der Waals surface area contributed by atoms with E-state index in [0.717, 1.165) is 21.1 Å². The van der Waals surface area contributed by atoms with Crippen molar-refractivity contribution in [2.75, 3.05) is 0 Å². The van der Waals surface area contributed by atoms with Crippen molar-refractivity contribution in [3.63, 3.8) is 0 Å². The second-order valence-corrected chi connectivity index (χ2v) is 6.25. The molecule has 0 bridgehead atoms. The van der Waals surface area contributed by atoms with E-state index in [0.29, 0.717) is 0 Å². The van der Waals surface area contributed by atoms with Crippen molar-refractivity contribution >= 4 is 17.2 Å². The van der Waals surface area contributed by atoms with Crippen LogP contribution in [0.1, 0.15) is 37.4 Å². The molecule has 2 aromatic rings. The van der Waals surface area contributed by atoms with Crippen LogP contribution in [0.2, 0.25) is 0 Å². The van der Waals surface area contributed by atoms with E-state index in [1.54, 1.807) is 11.3 Å². The van der Waals surface area contributed by atoms with Gasteiger partial charge >= 0.3 is 0 Å².